The van der Waals surface area contributed by atoms with Gasteiger partial charge in [-0.3, -0.25) is 4.79 Å². The van der Waals surface area contributed by atoms with Crippen LogP contribution in [0.2, 0.25) is 0 Å². The Morgan fingerprint density at radius 2 is 1.88 bits per heavy atom. The molecule has 3 heterocycles. The van der Waals surface area contributed by atoms with E-state index < -0.39 is 30.5 Å². The van der Waals surface area contributed by atoms with Crippen molar-refractivity contribution in [2.45, 2.75) is 82.7 Å². The summed E-state index contributed by atoms with van der Waals surface area (Å²) in [6.07, 6.45) is 3.73. The molecule has 42 heavy (non-hydrogen) atoms. The second kappa shape index (κ2) is 10.4. The Bertz CT molecular complexity index is 1560. The highest BCUT2D eigenvalue weighted by Crippen LogP contribution is 2.50. The quantitative estimate of drug-likeness (QED) is 0.426. The van der Waals surface area contributed by atoms with E-state index in [0.29, 0.717) is 0 Å². The van der Waals surface area contributed by atoms with Crippen LogP contribution in [0.25, 0.3) is 22.0 Å². The van der Waals surface area contributed by atoms with Crippen molar-refractivity contribution in [1.29, 1.82) is 5.26 Å². The number of aromatic amines is 1. The number of carbonyl (C=O) groups is 2. The minimum Gasteiger partial charge on any atom is -0.453 e. The number of likely N-dealkylation sites (tertiary alicyclic amines) is 1. The predicted molar refractivity (Wildman–Crippen MR) is 158 cm³/mol. The summed E-state index contributed by atoms with van der Waals surface area (Å²) in [6, 6.07) is 13.3. The fourth-order valence-electron chi connectivity index (χ4n) is 6.52. The average Bonchev–Trinajstić information content (AvgIpc) is 3.75. The number of hydrogen-bond donors (Lipinski definition) is 2. The molecule has 2 amide bonds. The molecule has 2 saturated heterocycles. The van der Waals surface area contributed by atoms with Gasteiger partial charge in [-0.2, -0.15) is 5.26 Å². The van der Waals surface area contributed by atoms with Crippen LogP contribution in [0.5, 0.6) is 0 Å². The number of aromatic nitrogens is 2. The summed E-state index contributed by atoms with van der Waals surface area (Å²) in [6.45, 7) is 8.20. The number of nitriles is 1. The summed E-state index contributed by atoms with van der Waals surface area (Å²) >= 11 is 0. The van der Waals surface area contributed by atoms with Crippen molar-refractivity contribution in [2.24, 2.45) is 5.92 Å². The molecule has 2 aromatic carbocycles. The maximum Gasteiger partial charge on any atom is 0.494 e. The molecule has 6 rings (SSSR count). The topological polar surface area (TPSA) is 130 Å². The van der Waals surface area contributed by atoms with Crippen molar-refractivity contribution in [1.82, 2.24) is 20.2 Å². The van der Waals surface area contributed by atoms with Gasteiger partial charge in [-0.25, -0.2) is 9.78 Å². The smallest absolute Gasteiger partial charge is 0.453 e. The molecular weight excluding hydrogens is 533 g/mol. The summed E-state index contributed by atoms with van der Waals surface area (Å²) in [4.78, 5) is 35.5. The lowest BCUT2D eigenvalue weighted by atomic mass is 9.78. The fourth-order valence-corrected chi connectivity index (χ4v) is 6.52. The Morgan fingerprint density at radius 1 is 1.17 bits per heavy atom. The predicted octanol–water partition coefficient (Wildman–Crippen LogP) is 4.22. The zero-order chi connectivity index (χ0) is 29.8. The minimum atomic E-state index is -0.971. The lowest BCUT2D eigenvalue weighted by Gasteiger charge is -2.36. The lowest BCUT2D eigenvalue weighted by Crippen LogP contribution is -2.51. The van der Waals surface area contributed by atoms with Gasteiger partial charge < -0.3 is 29.2 Å². The molecule has 10 nitrogen and oxygen atoms in total. The highest BCUT2D eigenvalue weighted by Gasteiger charge is 2.52. The molecule has 1 aromatic heterocycles. The molecule has 11 heteroatoms. The third kappa shape index (κ3) is 4.82. The molecule has 1 aliphatic carbocycles. The Kier molecular flexibility index (Phi) is 7.02. The molecule has 4 atom stereocenters. The van der Waals surface area contributed by atoms with Crippen LogP contribution in [0.3, 0.4) is 0 Å². The molecule has 0 radical (unpaired) electrons. The van der Waals surface area contributed by atoms with Crippen LogP contribution in [-0.4, -0.2) is 64.4 Å². The molecule has 2 bridgehead atoms. The third-order valence-corrected chi connectivity index (χ3v) is 9.49. The number of hydrogen-bond acceptors (Lipinski definition) is 7. The van der Waals surface area contributed by atoms with Crippen LogP contribution >= 0.6 is 0 Å². The first-order valence-electron chi connectivity index (χ1n) is 14.5. The minimum absolute atomic E-state index is 0.0560. The second-order valence-corrected chi connectivity index (χ2v) is 12.6. The zero-order valence-corrected chi connectivity index (χ0v) is 24.6. The van der Waals surface area contributed by atoms with Crippen LogP contribution in [0.1, 0.15) is 65.2 Å². The number of H-pyrrole nitrogens is 1. The molecule has 2 aliphatic heterocycles. The summed E-state index contributed by atoms with van der Waals surface area (Å²) in [5, 5.41) is 14.0. The number of fused-ring (bicyclic) bond motifs is 3. The largest absolute Gasteiger partial charge is 0.494 e. The van der Waals surface area contributed by atoms with Crippen molar-refractivity contribution in [3.05, 3.63) is 48.4 Å². The van der Waals surface area contributed by atoms with Gasteiger partial charge in [-0.15, -0.1) is 0 Å². The maximum atomic E-state index is 13.6. The van der Waals surface area contributed by atoms with E-state index in [4.69, 9.17) is 14.3 Å². The highest BCUT2D eigenvalue weighted by molar-refractivity contribution is 6.62. The average molecular weight is 569 g/mol. The van der Waals surface area contributed by atoms with Crippen molar-refractivity contribution in [3.8, 4) is 17.3 Å². The molecule has 3 fully saturated rings. The van der Waals surface area contributed by atoms with Crippen LogP contribution in [0.15, 0.2) is 42.6 Å². The van der Waals surface area contributed by atoms with Gasteiger partial charge in [0.1, 0.15) is 11.9 Å². The number of rotatable bonds is 6. The molecular formula is C31H36BN5O5. The Morgan fingerprint density at radius 3 is 2.60 bits per heavy atom. The number of carbonyl (C=O) groups excluding carboxylic acids is 2. The monoisotopic (exact) mass is 569 g/mol. The SMILES string of the molecule is COC(=O)N[C@@H](CC#N)C(=O)N1[C@@H]2CC[C@@H](C2)[C@H]1c1ncc(-c2ccc3cc(B4OC(C)(C)C(C)(C)O4)ccc3c2)[nH]1. The summed E-state index contributed by atoms with van der Waals surface area (Å²) in [5.74, 6) is 0.708. The zero-order valence-electron chi connectivity index (χ0n) is 24.6. The summed E-state index contributed by atoms with van der Waals surface area (Å²) in [7, 11) is 0.817. The highest BCUT2D eigenvalue weighted by atomic mass is 16.7. The Balaban J connectivity index is 1.24. The summed E-state index contributed by atoms with van der Waals surface area (Å²) < 4.78 is 17.2. The van der Waals surface area contributed by atoms with E-state index in [2.05, 4.69) is 73.1 Å². The normalized spacial score (nSPS) is 24.5. The molecule has 2 N–H and O–H groups in total. The van der Waals surface area contributed by atoms with Gasteiger partial charge in [0.05, 0.1) is 48.7 Å². The molecule has 0 unspecified atom stereocenters. The molecule has 3 aromatic rings. The van der Waals surface area contributed by atoms with E-state index in [0.717, 1.165) is 52.6 Å². The van der Waals surface area contributed by atoms with Gasteiger partial charge in [-0.1, -0.05) is 30.3 Å². The number of benzene rings is 2. The van der Waals surface area contributed by atoms with Gasteiger partial charge in [-0.05, 0) is 75.2 Å². The van der Waals surface area contributed by atoms with Crippen molar-refractivity contribution >= 4 is 35.4 Å². The molecule has 1 saturated carbocycles. The molecule has 3 aliphatic rings. The van der Waals surface area contributed by atoms with Gasteiger partial charge in [0.15, 0.2) is 0 Å². The van der Waals surface area contributed by atoms with Gasteiger partial charge in [0, 0.05) is 11.6 Å². The molecule has 218 valence electrons. The van der Waals surface area contributed by atoms with E-state index in [1.807, 2.05) is 23.2 Å². The van der Waals surface area contributed by atoms with Gasteiger partial charge in [0.25, 0.3) is 0 Å². The van der Waals surface area contributed by atoms with Crippen molar-refractivity contribution < 1.29 is 23.6 Å². The van der Waals surface area contributed by atoms with E-state index >= 15 is 0 Å². The Labute approximate surface area is 245 Å². The number of piperidine rings is 1. The van der Waals surface area contributed by atoms with Crippen LogP contribution in [0, 0.1) is 17.2 Å². The number of nitrogens with zero attached hydrogens (tertiary/aromatic N) is 3. The number of amides is 2. The second-order valence-electron chi connectivity index (χ2n) is 12.6. The van der Waals surface area contributed by atoms with Crippen LogP contribution in [-0.2, 0) is 18.8 Å². The lowest BCUT2D eigenvalue weighted by molar-refractivity contribution is -0.138. The summed E-state index contributed by atoms with van der Waals surface area (Å²) in [5.41, 5.74) is 2.03. The first-order valence-corrected chi connectivity index (χ1v) is 14.5. The van der Waals surface area contributed by atoms with Gasteiger partial charge in [0.2, 0.25) is 5.91 Å². The van der Waals surface area contributed by atoms with E-state index in [9.17, 15) is 14.9 Å². The van der Waals surface area contributed by atoms with E-state index in [1.54, 1.807) is 0 Å². The first kappa shape index (κ1) is 28.3. The van der Waals surface area contributed by atoms with Crippen molar-refractivity contribution in [2.75, 3.05) is 7.11 Å². The van der Waals surface area contributed by atoms with E-state index in [1.165, 1.54) is 7.11 Å². The number of nitrogens with one attached hydrogen (secondary N) is 2. The van der Waals surface area contributed by atoms with Gasteiger partial charge >= 0.3 is 13.2 Å². The van der Waals surface area contributed by atoms with Crippen molar-refractivity contribution in [3.63, 3.8) is 0 Å². The third-order valence-electron chi connectivity index (χ3n) is 9.49. The maximum absolute atomic E-state index is 13.6. The van der Waals surface area contributed by atoms with E-state index in [-0.39, 0.29) is 30.3 Å². The first-order chi connectivity index (χ1) is 20.0. The number of alkyl carbamates (subject to hydrolysis) is 1. The number of methoxy groups -OCH3 is 1. The number of imidazole rings is 1. The van der Waals surface area contributed by atoms with Crippen LogP contribution < -0.4 is 10.8 Å². The number of ether oxygens (including phenoxy) is 1. The van der Waals surface area contributed by atoms with Crippen LogP contribution in [0.4, 0.5) is 4.79 Å². The Hall–Kier alpha value is -3.88. The standard InChI is InChI=1S/C31H36BN5O5/c1-30(2)31(3,4)42-32(41-30)22-10-8-18-14-20(7-6-19(18)15-22)25-17-34-27(35-25)26-21-9-11-23(16-21)37(26)28(38)24(12-13-33)36-29(39)40-5/h6-8,10,14-15,17,21,23-24,26H,9,11-12,16H2,1-5H3,(H,34,35)(H,36,39)/t21-,23+,24-,26-/m0/s1. The molecule has 0 spiro atoms. The fraction of sp³-hybridized carbons (Fsp3) is 0.484.